The van der Waals surface area contributed by atoms with Crippen LogP contribution in [-0.4, -0.2) is 139 Å². The number of carbonyl (C=O) groups is 4. The zero-order valence-electron chi connectivity index (χ0n) is 43.7. The Morgan fingerprint density at radius 1 is 0.917 bits per heavy atom. The summed E-state index contributed by atoms with van der Waals surface area (Å²) in [6.07, 6.45) is 12.4. The molecule has 1 amide bonds. The molecule has 4 aliphatic rings. The van der Waals surface area contributed by atoms with E-state index < -0.39 is 94.0 Å². The minimum absolute atomic E-state index is 0.0311. The van der Waals surface area contributed by atoms with Gasteiger partial charge in [-0.25, -0.2) is 17.9 Å². The lowest BCUT2D eigenvalue weighted by Crippen LogP contribution is -2.61. The number of ether oxygens (including phenoxy) is 4. The van der Waals surface area contributed by atoms with Crippen molar-refractivity contribution in [1.29, 1.82) is 0 Å². The van der Waals surface area contributed by atoms with E-state index in [4.69, 9.17) is 29.2 Å². The lowest BCUT2D eigenvalue weighted by molar-refractivity contribution is -0.264. The minimum atomic E-state index is -4.21. The molecular weight excluding hydrogens is 949 g/mol. The van der Waals surface area contributed by atoms with E-state index in [1.54, 1.807) is 59.1 Å². The number of hydrogen-bond donors (Lipinski definition) is 5. The molecule has 1 aromatic heterocycles. The average Bonchev–Trinajstić information content (AvgIpc) is 3.80. The number of fused-ring (bicyclic) bond motifs is 3. The molecule has 15 atom stereocenters. The van der Waals surface area contributed by atoms with Crippen LogP contribution < -0.4 is 10.5 Å². The number of rotatable bonds is 8. The highest BCUT2D eigenvalue weighted by molar-refractivity contribution is 7.89. The average molecular weight is 1030 g/mol. The predicted octanol–water partition coefficient (Wildman–Crippen LogP) is 5.32. The fourth-order valence-electron chi connectivity index (χ4n) is 10.8. The summed E-state index contributed by atoms with van der Waals surface area (Å²) in [5, 5.41) is 37.8. The topological polar surface area (TPSA) is 267 Å². The van der Waals surface area contributed by atoms with E-state index in [0.29, 0.717) is 68.9 Å². The Kier molecular flexibility index (Phi) is 21.7. The van der Waals surface area contributed by atoms with Gasteiger partial charge in [0.15, 0.2) is 11.5 Å². The predicted molar refractivity (Wildman–Crippen MR) is 268 cm³/mol. The molecule has 3 fully saturated rings. The van der Waals surface area contributed by atoms with Crippen molar-refractivity contribution in [3.05, 3.63) is 59.6 Å². The van der Waals surface area contributed by atoms with Crippen molar-refractivity contribution in [2.45, 2.75) is 197 Å². The van der Waals surface area contributed by atoms with Gasteiger partial charge in [-0.1, -0.05) is 74.9 Å². The first-order chi connectivity index (χ1) is 34.0. The Hall–Kier alpha value is -3.92. The molecule has 3 aliphatic heterocycles. The number of amides is 1. The molecule has 404 valence electrons. The van der Waals surface area contributed by atoms with Gasteiger partial charge in [0.2, 0.25) is 15.8 Å². The Morgan fingerprint density at radius 3 is 2.33 bits per heavy atom. The lowest BCUT2D eigenvalue weighted by Gasteiger charge is -2.43. The standard InChI is InChI=1S/C53H82N4O14S/c1-31-15-11-10-12-16-32(2)41(56-72(65,66)46-30-55-71-37(46)7)29-40-21-18-36(6)53(64,70-40)50(61)51(62)57-24-14-13-17-42(57)52(63)69-44(33(3)26-38-19-22-43(58)45(28-38)67-8)23-20-39(54)27-35(5)48(60)49(68-9)47(59)34(4)25-31/h10-12,15-16,27,30-31,33-34,36,38-45,48-49,56,58,60,64H,13-14,17-26,28-29,54H2,1-9H3/b12-10+,15-11+,32-16+,35-27+/t31-,33-,34?,36?,38?,39+,40+,41?,42?,43-,44+,45?,48?,49+,53?/m1/s1. The number of methoxy groups -OCH3 is 2. The van der Waals surface area contributed by atoms with Crippen LogP contribution in [0.5, 0.6) is 0 Å². The highest BCUT2D eigenvalue weighted by Crippen LogP contribution is 2.38. The van der Waals surface area contributed by atoms with Crippen molar-refractivity contribution in [1.82, 2.24) is 14.8 Å². The van der Waals surface area contributed by atoms with Gasteiger partial charge in [-0.15, -0.1) is 0 Å². The second kappa shape index (κ2) is 26.5. The van der Waals surface area contributed by atoms with Gasteiger partial charge >= 0.3 is 5.97 Å². The van der Waals surface area contributed by atoms with Crippen molar-refractivity contribution in [3.63, 3.8) is 0 Å². The SMILES string of the molecule is COC1CC(C[C@@H](C)[C@@H]2CC[C@H](N)/C=C(\C)C(O)[C@@H](OC)C(=O)C(C)C[C@H](C)/C=C/C=C/C=C(\C)C(NS(=O)(=O)c3cnoc3C)C[C@@H]3CCC(C)C(O)(O3)C(=O)C(=O)N3CCCCC3C(=O)O2)CC[C@H]1O. The van der Waals surface area contributed by atoms with Crippen LogP contribution in [0, 0.1) is 36.5 Å². The summed E-state index contributed by atoms with van der Waals surface area (Å²) in [5.41, 5.74) is 7.70. The number of aryl methyl sites for hydroxylation is 1. The van der Waals surface area contributed by atoms with Gasteiger partial charge in [0.25, 0.3) is 11.7 Å². The molecule has 2 bridgehead atoms. The highest BCUT2D eigenvalue weighted by atomic mass is 32.2. The van der Waals surface area contributed by atoms with Gasteiger partial charge in [0.1, 0.15) is 29.2 Å². The van der Waals surface area contributed by atoms with Crippen molar-refractivity contribution < 1.29 is 66.4 Å². The van der Waals surface area contributed by atoms with E-state index >= 15 is 0 Å². The van der Waals surface area contributed by atoms with Gasteiger partial charge in [-0.3, -0.25) is 14.4 Å². The highest BCUT2D eigenvalue weighted by Gasteiger charge is 2.53. The first kappa shape index (κ1) is 59.0. The number of allylic oxidation sites excluding steroid dienone is 5. The molecule has 5 rings (SSSR count). The zero-order valence-corrected chi connectivity index (χ0v) is 44.6. The molecule has 0 aromatic carbocycles. The smallest absolute Gasteiger partial charge is 0.329 e. The number of Topliss-reactive ketones (excluding diaryl/α,β-unsaturated/α-hetero) is 2. The van der Waals surface area contributed by atoms with E-state index in [-0.39, 0.29) is 66.1 Å². The number of carbonyl (C=O) groups excluding carboxylic acids is 4. The number of nitrogens with one attached hydrogen (secondary N) is 1. The Bertz CT molecular complexity index is 2240. The summed E-state index contributed by atoms with van der Waals surface area (Å²) in [5.74, 6) is -7.20. The molecule has 1 saturated carbocycles. The second-order valence-corrected chi connectivity index (χ2v) is 22.8. The van der Waals surface area contributed by atoms with E-state index in [1.807, 2.05) is 26.0 Å². The van der Waals surface area contributed by atoms with Crippen molar-refractivity contribution >= 4 is 33.5 Å². The summed E-state index contributed by atoms with van der Waals surface area (Å²) in [6.45, 7) is 12.3. The van der Waals surface area contributed by atoms with Gasteiger partial charge < -0.3 is 49.4 Å². The molecular formula is C53H82N4O14S. The quantitative estimate of drug-likeness (QED) is 0.125. The van der Waals surface area contributed by atoms with E-state index in [2.05, 4.69) is 9.88 Å². The van der Waals surface area contributed by atoms with Crippen LogP contribution in [0.4, 0.5) is 0 Å². The third-order valence-corrected chi connectivity index (χ3v) is 17.0. The maximum atomic E-state index is 14.5. The van der Waals surface area contributed by atoms with Crippen LogP contribution in [0.15, 0.2) is 63.2 Å². The van der Waals surface area contributed by atoms with Crippen molar-refractivity contribution in [3.8, 4) is 0 Å². The third-order valence-electron chi connectivity index (χ3n) is 15.4. The monoisotopic (exact) mass is 1030 g/mol. The molecule has 19 heteroatoms. The van der Waals surface area contributed by atoms with Gasteiger partial charge in [0.05, 0.1) is 24.5 Å². The van der Waals surface area contributed by atoms with Gasteiger partial charge in [0, 0.05) is 44.7 Å². The first-order valence-electron chi connectivity index (χ1n) is 25.8. The normalized spacial score (nSPS) is 37.8. The number of cyclic esters (lactones) is 1. The second-order valence-electron chi connectivity index (χ2n) is 21.1. The fourth-order valence-corrected chi connectivity index (χ4v) is 12.2. The minimum Gasteiger partial charge on any atom is -0.461 e. The number of aliphatic hydroxyl groups is 3. The molecule has 1 aliphatic carbocycles. The first-order valence-corrected chi connectivity index (χ1v) is 27.3. The van der Waals surface area contributed by atoms with Crippen LogP contribution in [-0.2, 0) is 48.1 Å². The molecule has 72 heavy (non-hydrogen) atoms. The number of nitrogens with zero attached hydrogens (tertiary/aromatic N) is 2. The number of esters is 1. The number of sulfonamides is 1. The number of piperidine rings is 1. The Morgan fingerprint density at radius 2 is 1.65 bits per heavy atom. The molecule has 1 aromatic rings. The lowest BCUT2D eigenvalue weighted by atomic mass is 9.78. The summed E-state index contributed by atoms with van der Waals surface area (Å²) < 4.78 is 59.0. The van der Waals surface area contributed by atoms with Crippen LogP contribution in [0.1, 0.15) is 131 Å². The number of nitrogens with two attached hydrogens (primary N) is 1. The van der Waals surface area contributed by atoms with E-state index in [1.165, 1.54) is 18.9 Å². The van der Waals surface area contributed by atoms with Crippen molar-refractivity contribution in [2.24, 2.45) is 35.3 Å². The summed E-state index contributed by atoms with van der Waals surface area (Å²) in [7, 11) is -1.25. The maximum absolute atomic E-state index is 14.5. The molecule has 0 radical (unpaired) electrons. The molecule has 8 unspecified atom stereocenters. The molecule has 4 heterocycles. The molecule has 0 spiro atoms. The number of aliphatic hydroxyl groups excluding tert-OH is 2. The van der Waals surface area contributed by atoms with Crippen LogP contribution in [0.2, 0.25) is 0 Å². The zero-order chi connectivity index (χ0) is 53.1. The third kappa shape index (κ3) is 15.1. The maximum Gasteiger partial charge on any atom is 0.329 e. The summed E-state index contributed by atoms with van der Waals surface area (Å²) >= 11 is 0. The van der Waals surface area contributed by atoms with E-state index in [9.17, 15) is 42.9 Å². The van der Waals surface area contributed by atoms with Crippen molar-refractivity contribution in [2.75, 3.05) is 20.8 Å². The van der Waals surface area contributed by atoms with Crippen LogP contribution >= 0.6 is 0 Å². The molecule has 18 nitrogen and oxygen atoms in total. The molecule has 6 N–H and O–H groups in total. The number of ketones is 2. The van der Waals surface area contributed by atoms with Crippen LogP contribution in [0.3, 0.4) is 0 Å². The van der Waals surface area contributed by atoms with E-state index in [0.717, 1.165) is 12.6 Å². The fraction of sp³-hybridized carbons (Fsp3) is 0.717. The largest absolute Gasteiger partial charge is 0.461 e. The summed E-state index contributed by atoms with van der Waals surface area (Å²) in [4.78, 5) is 58.1. The summed E-state index contributed by atoms with van der Waals surface area (Å²) in [6, 6.07) is -2.68. The molecule has 2 saturated heterocycles. The van der Waals surface area contributed by atoms with Crippen LogP contribution in [0.25, 0.3) is 0 Å². The Balaban J connectivity index is 1.50. The Labute approximate surface area is 426 Å². The number of aromatic nitrogens is 1. The van der Waals surface area contributed by atoms with Gasteiger partial charge in [-0.2, -0.15) is 0 Å². The van der Waals surface area contributed by atoms with Gasteiger partial charge in [-0.05, 0) is 128 Å². The number of hydrogen-bond acceptors (Lipinski definition) is 16.